The third-order valence-electron chi connectivity index (χ3n) is 14.9. The summed E-state index contributed by atoms with van der Waals surface area (Å²) < 4.78 is 69.2. The first kappa shape index (κ1) is 78.4. The Bertz CT molecular complexity index is 5340. The maximum absolute atomic E-state index is 13.9. The van der Waals surface area contributed by atoms with Crippen LogP contribution in [0.5, 0.6) is 17.2 Å². The minimum absolute atomic E-state index is 0.0363. The second kappa shape index (κ2) is 36.2. The van der Waals surface area contributed by atoms with Gasteiger partial charge in [0, 0.05) is 75.7 Å². The zero-order valence-corrected chi connectivity index (χ0v) is 61.7. The number of carboxylic acid groups (broad SMARTS) is 1. The molecule has 5 N–H and O–H groups in total. The predicted molar refractivity (Wildman–Crippen MR) is 401 cm³/mol. The molecule has 9 heterocycles. The Morgan fingerprint density at radius 3 is 1.56 bits per heavy atom. The van der Waals surface area contributed by atoms with Crippen LogP contribution < -0.4 is 25.4 Å². The number of phenolic OH excluding ortho intramolecular Hbond substituents is 1. The Balaban J connectivity index is 0.000000144. The lowest BCUT2D eigenvalue weighted by Gasteiger charge is -2.23. The van der Waals surface area contributed by atoms with Crippen LogP contribution in [0.15, 0.2) is 176 Å². The van der Waals surface area contributed by atoms with Crippen LogP contribution in [0, 0.1) is 11.6 Å². The van der Waals surface area contributed by atoms with E-state index in [0.717, 1.165) is 24.4 Å². The van der Waals surface area contributed by atoms with E-state index >= 15 is 0 Å². The number of pyridine rings is 4. The number of nitrogens with zero attached hydrogens (tertiary/aromatic N) is 8. The van der Waals surface area contributed by atoms with Crippen LogP contribution in [0.2, 0.25) is 30.4 Å². The number of aldehydes is 1. The number of nitrogens with one attached hydrogen (secondary N) is 1. The van der Waals surface area contributed by atoms with Crippen molar-refractivity contribution in [3.8, 4) is 51.6 Å². The fraction of sp³-hybridized carbons (Fsp3) is 0.123. The van der Waals surface area contributed by atoms with E-state index in [1.807, 2.05) is 0 Å². The van der Waals surface area contributed by atoms with Gasteiger partial charge < -0.3 is 63.1 Å². The van der Waals surface area contributed by atoms with Gasteiger partial charge in [0.05, 0.1) is 90.5 Å². The zero-order chi connectivity index (χ0) is 76.6. The van der Waals surface area contributed by atoms with Crippen molar-refractivity contribution in [2.45, 2.75) is 12.8 Å². The molecule has 0 unspecified atom stereocenters. The fourth-order valence-corrected chi connectivity index (χ4v) is 11.2. The molecule has 7 aromatic heterocycles. The summed E-state index contributed by atoms with van der Waals surface area (Å²) in [6.45, 7) is 2.50. The number of oxazole rings is 3. The number of aromatic hydroxyl groups is 1. The molecule has 6 aromatic carbocycles. The quantitative estimate of drug-likeness (QED) is 0.0260. The number of ether oxygens (including phenoxy) is 5. The van der Waals surface area contributed by atoms with Crippen molar-refractivity contribution in [1.82, 2.24) is 34.9 Å². The molecule has 548 valence electrons. The number of esters is 3. The molecule has 0 saturated heterocycles. The van der Waals surface area contributed by atoms with Gasteiger partial charge in [0.15, 0.2) is 23.0 Å². The van der Waals surface area contributed by atoms with E-state index in [-0.39, 0.29) is 67.4 Å². The van der Waals surface area contributed by atoms with Gasteiger partial charge in [-0.05, 0) is 150 Å². The Hall–Kier alpha value is -11.2. The van der Waals surface area contributed by atoms with Crippen molar-refractivity contribution in [3.63, 3.8) is 0 Å². The van der Waals surface area contributed by atoms with Gasteiger partial charge in [0.25, 0.3) is 0 Å². The van der Waals surface area contributed by atoms with Gasteiger partial charge in [-0.3, -0.25) is 4.79 Å². The van der Waals surface area contributed by atoms with Crippen LogP contribution in [0.4, 0.5) is 31.7 Å². The highest BCUT2D eigenvalue weighted by Crippen LogP contribution is 2.39. The van der Waals surface area contributed by atoms with Crippen molar-refractivity contribution in [2.24, 2.45) is 0 Å². The molecule has 15 rings (SSSR count). The van der Waals surface area contributed by atoms with E-state index in [1.165, 1.54) is 101 Å². The summed E-state index contributed by atoms with van der Waals surface area (Å²) >= 11 is 37.9. The number of carbonyl (C=O) groups is 5. The van der Waals surface area contributed by atoms with Gasteiger partial charge in [0.1, 0.15) is 66.2 Å². The van der Waals surface area contributed by atoms with Crippen molar-refractivity contribution >= 4 is 172 Å². The normalized spacial score (nSPS) is 11.8. The number of anilines is 4. The van der Waals surface area contributed by atoms with Gasteiger partial charge in [-0.1, -0.05) is 69.6 Å². The standard InChI is InChI=1S/C22H15ClFN3O4.C14H8BrClN2O3.C14H8Cl2N2O3.C9H10FNO.C8H6ClNO3.C6H6ClNO/c23-12-2-4-18-16(8-12)26-21(31-18)15-11-25-20(10-14(15)22(28)29)27-6-1-7-30-19-5-3-13(24)9-17(19)27;1-20-14(19)8-5-12(15)17-6-9(8)13-18-10-4-7(16)2-3-11(10)21-13;1-20-14(19)8-5-12(16)17-6-9(8)13-18-10-4-7(15)2-3-11(10)21-13;10-7-2-3-9-8(6-7)11-4-1-5-12-9;1-13-8(12)6-2-7(9)10-3-5(6)4-11;7-4-1-2-6(9)5(8)3-4/h2-5,8-11H,1,6-7H2,(H,28,29);2*2-6H,1H3;2-3,6,11H,1,4-5H2;2-4H,1H3;1-3,9H,8H2. The van der Waals surface area contributed by atoms with Crippen LogP contribution in [-0.4, -0.2) is 123 Å². The molecule has 0 radical (unpaired) electrons. The average molecular weight is 1640 g/mol. The number of hydrogen-bond acceptors (Lipinski definition) is 24. The summed E-state index contributed by atoms with van der Waals surface area (Å²) in [6.07, 6.45) is 7.68. The number of rotatable bonds is 9. The van der Waals surface area contributed by atoms with Crippen molar-refractivity contribution < 1.29 is 79.9 Å². The summed E-state index contributed by atoms with van der Waals surface area (Å²) in [7, 11) is 3.82. The monoisotopic (exact) mass is 1640 g/mol. The first-order valence-electron chi connectivity index (χ1n) is 31.1. The van der Waals surface area contributed by atoms with E-state index in [4.69, 9.17) is 113 Å². The molecular formula is C73H53BrCl6F2N10O15. The molecule has 0 spiro atoms. The van der Waals surface area contributed by atoms with Crippen molar-refractivity contribution in [3.05, 3.63) is 233 Å². The average Bonchev–Trinajstić information content (AvgIpc) is 1.73. The van der Waals surface area contributed by atoms with Crippen LogP contribution in [0.25, 0.3) is 67.7 Å². The van der Waals surface area contributed by atoms with Crippen molar-refractivity contribution in [2.75, 3.05) is 63.6 Å². The second-order valence-corrected chi connectivity index (χ2v) is 25.3. The van der Waals surface area contributed by atoms with Crippen LogP contribution in [0.3, 0.4) is 0 Å². The summed E-state index contributed by atoms with van der Waals surface area (Å²) in [6, 6.07) is 34.1. The molecule has 0 fully saturated rings. The lowest BCUT2D eigenvalue weighted by atomic mass is 10.1. The highest BCUT2D eigenvalue weighted by Gasteiger charge is 2.26. The molecule has 107 heavy (non-hydrogen) atoms. The van der Waals surface area contributed by atoms with E-state index < -0.39 is 29.7 Å². The number of carbonyl (C=O) groups excluding carboxylic acids is 4. The summed E-state index contributed by atoms with van der Waals surface area (Å²) in [4.78, 5) is 88.2. The number of nitrogens with two attached hydrogens (primary N) is 1. The van der Waals surface area contributed by atoms with E-state index in [0.29, 0.717) is 130 Å². The summed E-state index contributed by atoms with van der Waals surface area (Å²) in [5.74, 6) is -1.12. The van der Waals surface area contributed by atoms with Crippen LogP contribution in [0.1, 0.15) is 64.6 Å². The molecule has 0 saturated carbocycles. The van der Waals surface area contributed by atoms with E-state index in [2.05, 4.69) is 60.9 Å². The molecule has 0 bridgehead atoms. The maximum atomic E-state index is 13.9. The number of aromatic nitrogens is 7. The Morgan fingerprint density at radius 1 is 0.551 bits per heavy atom. The summed E-state index contributed by atoms with van der Waals surface area (Å²) in [5.41, 5.74) is 12.0. The number of hydrogen-bond donors (Lipinski definition) is 4. The summed E-state index contributed by atoms with van der Waals surface area (Å²) in [5, 5.41) is 24.3. The van der Waals surface area contributed by atoms with E-state index in [9.17, 15) is 37.9 Å². The Kier molecular flexibility index (Phi) is 26.5. The molecule has 2 aliphatic heterocycles. The Morgan fingerprint density at radius 2 is 1.02 bits per heavy atom. The van der Waals surface area contributed by atoms with Crippen LogP contribution in [-0.2, 0) is 14.2 Å². The highest BCUT2D eigenvalue weighted by molar-refractivity contribution is 9.10. The van der Waals surface area contributed by atoms with Gasteiger partial charge in [-0.25, -0.2) is 62.8 Å². The third kappa shape index (κ3) is 20.0. The molecule has 0 amide bonds. The number of nitrogen functional groups attached to an aromatic ring is 1. The third-order valence-corrected chi connectivity index (χ3v) is 16.7. The first-order chi connectivity index (χ1) is 51.4. The number of phenols is 1. The molecule has 0 aliphatic carbocycles. The number of fused-ring (bicyclic) bond motifs is 5. The minimum Gasteiger partial charge on any atom is -0.506 e. The number of aromatic carboxylic acids is 1. The van der Waals surface area contributed by atoms with Gasteiger partial charge in [-0.2, -0.15) is 0 Å². The Labute approximate surface area is 643 Å². The second-order valence-electron chi connectivity index (χ2n) is 22.0. The number of halogens is 9. The van der Waals surface area contributed by atoms with Gasteiger partial charge in [-0.15, -0.1) is 0 Å². The van der Waals surface area contributed by atoms with Crippen molar-refractivity contribution in [1.29, 1.82) is 0 Å². The highest BCUT2D eigenvalue weighted by atomic mass is 79.9. The minimum atomic E-state index is -1.16. The molecule has 0 atom stereocenters. The smallest absolute Gasteiger partial charge is 0.338 e. The largest absolute Gasteiger partial charge is 0.506 e. The SMILES string of the molecule is COC(=O)c1cc(Br)ncc1-c1nc2cc(Cl)ccc2o1.COC(=O)c1cc(Cl)ncc1-c1nc2cc(Cl)ccc2o1.COC(=O)c1cc(Cl)ncc1C=O.Fc1ccc2c(c1)NCCCO2.Nc1cc(Cl)ccc1O.O=C(O)c1cc(N2CCCOc3ccc(F)cc32)ncc1-c1nc2cc(Cl)ccc2o1. The molecular weight excluding hydrogens is 1590 g/mol. The maximum Gasteiger partial charge on any atom is 0.338 e. The lowest BCUT2D eigenvalue weighted by Crippen LogP contribution is -2.20. The predicted octanol–water partition coefficient (Wildman–Crippen LogP) is 18.4. The van der Waals surface area contributed by atoms with Crippen LogP contribution >= 0.6 is 85.5 Å². The lowest BCUT2D eigenvalue weighted by molar-refractivity contribution is 0.0591. The fourth-order valence-electron chi connectivity index (χ4n) is 9.92. The number of carboxylic acids is 1. The van der Waals surface area contributed by atoms with Gasteiger partial charge in [0.2, 0.25) is 17.7 Å². The number of benzene rings is 6. The number of methoxy groups -OCH3 is 3. The first-order valence-corrected chi connectivity index (χ1v) is 34.2. The van der Waals surface area contributed by atoms with Gasteiger partial charge >= 0.3 is 23.9 Å². The topological polar surface area (TPSA) is 343 Å². The molecule has 34 heteroatoms. The molecule has 13 aromatic rings. The van der Waals surface area contributed by atoms with E-state index in [1.54, 1.807) is 83.8 Å². The zero-order valence-electron chi connectivity index (χ0n) is 55.6. The molecule has 2 aliphatic rings. The molecule has 25 nitrogen and oxygen atoms in total.